The molecule has 160 valence electrons. The lowest BCUT2D eigenvalue weighted by Crippen LogP contribution is -2.10. The second-order valence-corrected chi connectivity index (χ2v) is 9.10. The molecular formula is C23H24N4O3S. The molecule has 0 saturated heterocycles. The third kappa shape index (κ3) is 4.20. The van der Waals surface area contributed by atoms with E-state index in [1.54, 1.807) is 26.3 Å². The maximum absolute atomic E-state index is 11.6. The predicted molar refractivity (Wildman–Crippen MR) is 128 cm³/mol. The third-order valence-corrected chi connectivity index (χ3v) is 5.67. The van der Waals surface area contributed by atoms with Gasteiger partial charge in [0.05, 0.1) is 47.1 Å². The van der Waals surface area contributed by atoms with Crippen LogP contribution in [0.4, 0.5) is 22.7 Å². The molecule has 0 saturated carbocycles. The van der Waals surface area contributed by atoms with Gasteiger partial charge in [0, 0.05) is 23.9 Å². The number of methoxy groups -OCH3 is 1. The molecule has 0 spiro atoms. The van der Waals surface area contributed by atoms with Crippen LogP contribution in [0.1, 0.15) is 5.56 Å². The van der Waals surface area contributed by atoms with Crippen LogP contribution >= 0.6 is 0 Å². The number of fused-ring (bicyclic) bond motifs is 2. The standard InChI is InChI=1S/C23H24N4O3S/c1-14-6-5-7-18-22(14)26-20-13-16(30-3)9-10-17(20)23(18)25-19-11-8-15(12-21(19)24-2)27-31(4,28)29/h5-13,24,27H,1-4H3,(H,25,26). The van der Waals surface area contributed by atoms with Crippen LogP contribution in [-0.4, -0.2) is 33.8 Å². The van der Waals surface area contributed by atoms with Crippen molar-refractivity contribution in [3.05, 3.63) is 60.2 Å². The highest BCUT2D eigenvalue weighted by molar-refractivity contribution is 7.92. The van der Waals surface area contributed by atoms with Gasteiger partial charge in [0.2, 0.25) is 10.0 Å². The fourth-order valence-corrected chi connectivity index (χ4v) is 4.18. The van der Waals surface area contributed by atoms with Crippen molar-refractivity contribution < 1.29 is 13.2 Å². The lowest BCUT2D eigenvalue weighted by Gasteiger charge is -2.18. The number of anilines is 4. The Morgan fingerprint density at radius 3 is 2.48 bits per heavy atom. The molecule has 0 radical (unpaired) electrons. The number of aromatic nitrogens is 1. The Labute approximate surface area is 181 Å². The Hall–Kier alpha value is -3.52. The van der Waals surface area contributed by atoms with E-state index < -0.39 is 10.0 Å². The Balaban J connectivity index is 1.90. The lowest BCUT2D eigenvalue weighted by molar-refractivity contribution is 0.415. The van der Waals surface area contributed by atoms with Crippen molar-refractivity contribution in [1.29, 1.82) is 0 Å². The molecule has 1 heterocycles. The van der Waals surface area contributed by atoms with E-state index in [1.807, 2.05) is 49.4 Å². The predicted octanol–water partition coefficient (Wildman–Crippen LogP) is 4.86. The molecule has 0 fully saturated rings. The molecule has 8 heteroatoms. The van der Waals surface area contributed by atoms with Gasteiger partial charge in [0.25, 0.3) is 0 Å². The zero-order valence-corrected chi connectivity index (χ0v) is 18.6. The van der Waals surface area contributed by atoms with E-state index in [0.717, 1.165) is 56.4 Å². The number of nitrogens with one attached hydrogen (secondary N) is 3. The summed E-state index contributed by atoms with van der Waals surface area (Å²) in [6.07, 6.45) is 1.13. The van der Waals surface area contributed by atoms with Crippen LogP contribution in [0.15, 0.2) is 54.6 Å². The molecular weight excluding hydrogens is 412 g/mol. The van der Waals surface area contributed by atoms with E-state index in [0.29, 0.717) is 5.69 Å². The number of aryl methyl sites for hydroxylation is 1. The molecule has 0 amide bonds. The minimum Gasteiger partial charge on any atom is -0.497 e. The van der Waals surface area contributed by atoms with Crippen molar-refractivity contribution >= 4 is 54.6 Å². The second-order valence-electron chi connectivity index (χ2n) is 7.35. The number of pyridine rings is 1. The molecule has 7 nitrogen and oxygen atoms in total. The maximum atomic E-state index is 11.6. The lowest BCUT2D eigenvalue weighted by atomic mass is 10.0. The van der Waals surface area contributed by atoms with Crippen LogP contribution in [-0.2, 0) is 10.0 Å². The van der Waals surface area contributed by atoms with Crippen molar-refractivity contribution in [2.75, 3.05) is 35.8 Å². The van der Waals surface area contributed by atoms with Gasteiger partial charge in [-0.2, -0.15) is 0 Å². The number of ether oxygens (including phenoxy) is 1. The number of nitrogens with zero attached hydrogens (tertiary/aromatic N) is 1. The molecule has 31 heavy (non-hydrogen) atoms. The van der Waals surface area contributed by atoms with E-state index in [1.165, 1.54) is 0 Å². The number of para-hydroxylation sites is 1. The summed E-state index contributed by atoms with van der Waals surface area (Å²) in [5.41, 5.74) is 5.79. The fraction of sp³-hybridized carbons (Fsp3) is 0.174. The molecule has 0 aliphatic carbocycles. The van der Waals surface area contributed by atoms with Gasteiger partial charge in [0.1, 0.15) is 5.75 Å². The minimum atomic E-state index is -3.36. The highest BCUT2D eigenvalue weighted by Gasteiger charge is 2.14. The average Bonchev–Trinajstić information content (AvgIpc) is 2.73. The fourth-order valence-electron chi connectivity index (χ4n) is 3.62. The van der Waals surface area contributed by atoms with Crippen LogP contribution in [0, 0.1) is 6.92 Å². The second kappa shape index (κ2) is 7.96. The molecule has 0 unspecified atom stereocenters. The first-order chi connectivity index (χ1) is 14.8. The number of hydrogen-bond acceptors (Lipinski definition) is 6. The zero-order valence-electron chi connectivity index (χ0n) is 17.8. The highest BCUT2D eigenvalue weighted by Crippen LogP contribution is 2.38. The van der Waals surface area contributed by atoms with Crippen molar-refractivity contribution in [2.45, 2.75) is 6.92 Å². The van der Waals surface area contributed by atoms with Crippen molar-refractivity contribution in [1.82, 2.24) is 4.98 Å². The SMILES string of the molecule is CNc1cc(NS(C)(=O)=O)ccc1Nc1c2ccc(OC)cc2nc2c(C)cccc12. The molecule has 4 rings (SSSR count). The first-order valence-corrected chi connectivity index (χ1v) is 11.6. The van der Waals surface area contributed by atoms with Crippen LogP contribution < -0.4 is 20.1 Å². The van der Waals surface area contributed by atoms with Crippen LogP contribution in [0.3, 0.4) is 0 Å². The topological polar surface area (TPSA) is 92.3 Å². The molecule has 1 aromatic heterocycles. The molecule has 4 aromatic rings. The van der Waals surface area contributed by atoms with Gasteiger partial charge in [-0.1, -0.05) is 18.2 Å². The highest BCUT2D eigenvalue weighted by atomic mass is 32.2. The Kier molecular flexibility index (Phi) is 5.32. The largest absolute Gasteiger partial charge is 0.497 e. The van der Waals surface area contributed by atoms with Crippen molar-refractivity contribution in [2.24, 2.45) is 0 Å². The quantitative estimate of drug-likeness (QED) is 0.374. The number of hydrogen-bond donors (Lipinski definition) is 3. The Morgan fingerprint density at radius 1 is 0.968 bits per heavy atom. The van der Waals surface area contributed by atoms with Gasteiger partial charge < -0.3 is 15.4 Å². The summed E-state index contributed by atoms with van der Waals surface area (Å²) in [7, 11) is 0.0697. The van der Waals surface area contributed by atoms with Crippen molar-refractivity contribution in [3.63, 3.8) is 0 Å². The van der Waals surface area contributed by atoms with E-state index in [9.17, 15) is 8.42 Å². The molecule has 0 bridgehead atoms. The van der Waals surface area contributed by atoms with E-state index in [2.05, 4.69) is 15.4 Å². The minimum absolute atomic E-state index is 0.488. The average molecular weight is 437 g/mol. The number of benzene rings is 3. The maximum Gasteiger partial charge on any atom is 0.229 e. The smallest absolute Gasteiger partial charge is 0.229 e. The normalized spacial score (nSPS) is 11.5. The summed E-state index contributed by atoms with van der Waals surface area (Å²) in [5, 5.41) is 8.63. The Morgan fingerprint density at radius 2 is 1.77 bits per heavy atom. The van der Waals surface area contributed by atoms with Crippen LogP contribution in [0.25, 0.3) is 21.8 Å². The monoisotopic (exact) mass is 436 g/mol. The van der Waals surface area contributed by atoms with Gasteiger partial charge >= 0.3 is 0 Å². The van der Waals surface area contributed by atoms with E-state index >= 15 is 0 Å². The van der Waals surface area contributed by atoms with Gasteiger partial charge in [-0.3, -0.25) is 4.72 Å². The van der Waals surface area contributed by atoms with E-state index in [-0.39, 0.29) is 0 Å². The summed E-state index contributed by atoms with van der Waals surface area (Å²) in [4.78, 5) is 4.87. The molecule has 0 aliphatic heterocycles. The van der Waals surface area contributed by atoms with Gasteiger partial charge in [-0.05, 0) is 42.8 Å². The first-order valence-electron chi connectivity index (χ1n) is 9.73. The molecule has 0 aliphatic rings. The molecule has 3 N–H and O–H groups in total. The zero-order chi connectivity index (χ0) is 22.2. The summed E-state index contributed by atoms with van der Waals surface area (Å²) >= 11 is 0. The Bertz CT molecular complexity index is 1400. The van der Waals surface area contributed by atoms with Crippen molar-refractivity contribution in [3.8, 4) is 5.75 Å². The number of sulfonamides is 1. The van der Waals surface area contributed by atoms with Crippen LogP contribution in [0.2, 0.25) is 0 Å². The van der Waals surface area contributed by atoms with Crippen LogP contribution in [0.5, 0.6) is 5.75 Å². The first kappa shape index (κ1) is 20.7. The van der Waals surface area contributed by atoms with Gasteiger partial charge in [0.15, 0.2) is 0 Å². The molecule has 3 aromatic carbocycles. The van der Waals surface area contributed by atoms with Gasteiger partial charge in [-0.25, -0.2) is 13.4 Å². The molecule has 0 atom stereocenters. The van der Waals surface area contributed by atoms with Gasteiger partial charge in [-0.15, -0.1) is 0 Å². The summed E-state index contributed by atoms with van der Waals surface area (Å²) < 4.78 is 31.1. The number of rotatable bonds is 6. The van der Waals surface area contributed by atoms with E-state index in [4.69, 9.17) is 9.72 Å². The summed E-state index contributed by atoms with van der Waals surface area (Å²) in [5.74, 6) is 0.742. The summed E-state index contributed by atoms with van der Waals surface area (Å²) in [6, 6.07) is 17.2. The third-order valence-electron chi connectivity index (χ3n) is 5.07. The summed E-state index contributed by atoms with van der Waals surface area (Å²) in [6.45, 7) is 2.04.